The smallest absolute Gasteiger partial charge is 0.387 e. The third kappa shape index (κ3) is 3.04. The lowest BCUT2D eigenvalue weighted by Crippen LogP contribution is -2.30. The summed E-state index contributed by atoms with van der Waals surface area (Å²) in [5.74, 6) is -0.677. The first-order valence-electron chi connectivity index (χ1n) is 11.8. The van der Waals surface area contributed by atoms with Crippen LogP contribution in [0.4, 0.5) is 13.2 Å². The molecule has 1 aromatic heterocycles. The van der Waals surface area contributed by atoms with E-state index in [1.54, 1.807) is 24.1 Å². The van der Waals surface area contributed by atoms with Crippen LogP contribution in [0.3, 0.4) is 0 Å². The Kier molecular flexibility index (Phi) is 4.49. The van der Waals surface area contributed by atoms with Gasteiger partial charge in [-0.15, -0.1) is 0 Å². The molecule has 186 valence electrons. The Morgan fingerprint density at radius 2 is 1.92 bits per heavy atom. The number of hydrogen-bond donors (Lipinski definition) is 1. The second kappa shape index (κ2) is 7.58. The highest BCUT2D eigenvalue weighted by atomic mass is 19.3. The minimum atomic E-state index is -3.04. The van der Waals surface area contributed by atoms with Crippen molar-refractivity contribution in [3.63, 3.8) is 0 Å². The van der Waals surface area contributed by atoms with E-state index >= 15 is 0 Å². The van der Waals surface area contributed by atoms with Crippen LogP contribution in [0.2, 0.25) is 0 Å². The van der Waals surface area contributed by atoms with Gasteiger partial charge in [0.25, 0.3) is 11.8 Å². The second-order valence-electron chi connectivity index (χ2n) is 9.50. The Bertz CT molecular complexity index is 1660. The maximum Gasteiger partial charge on any atom is 0.387 e. The first kappa shape index (κ1) is 21.9. The van der Waals surface area contributed by atoms with Crippen LogP contribution < -0.4 is 10.1 Å². The molecule has 7 rings (SSSR count). The fraction of sp³-hybridized carbons (Fsp3) is 0.222. The number of nitrogens with one attached hydrogen (secondary N) is 1. The van der Waals surface area contributed by atoms with E-state index in [4.69, 9.17) is 9.72 Å². The van der Waals surface area contributed by atoms with Crippen molar-refractivity contribution >= 4 is 22.8 Å². The van der Waals surface area contributed by atoms with Crippen molar-refractivity contribution in [2.24, 2.45) is 0 Å². The molecule has 1 N–H and O–H groups in total. The third-order valence-corrected chi connectivity index (χ3v) is 7.58. The van der Waals surface area contributed by atoms with Gasteiger partial charge in [-0.3, -0.25) is 9.59 Å². The molecular weight excluding hydrogens is 485 g/mol. The van der Waals surface area contributed by atoms with Crippen LogP contribution >= 0.6 is 0 Å². The van der Waals surface area contributed by atoms with Crippen molar-refractivity contribution in [1.82, 2.24) is 19.8 Å². The SMILES string of the molecule is CN1C(=O)c2cccc(OC(F)F)c2[C@H]2C[C@@H]1c1nc3ccc(-c4cc(F)c5c(c4)CNC5=O)cc3n12. The van der Waals surface area contributed by atoms with E-state index in [0.29, 0.717) is 40.0 Å². The molecule has 4 heterocycles. The summed E-state index contributed by atoms with van der Waals surface area (Å²) >= 11 is 0. The number of nitrogens with zero attached hydrogens (tertiary/aromatic N) is 3. The van der Waals surface area contributed by atoms with Gasteiger partial charge in [-0.1, -0.05) is 12.1 Å². The zero-order valence-corrected chi connectivity index (χ0v) is 19.5. The number of halogens is 3. The molecule has 37 heavy (non-hydrogen) atoms. The monoisotopic (exact) mass is 504 g/mol. The summed E-state index contributed by atoms with van der Waals surface area (Å²) in [7, 11) is 1.68. The fourth-order valence-corrected chi connectivity index (χ4v) is 5.95. The molecule has 7 nitrogen and oxygen atoms in total. The summed E-state index contributed by atoms with van der Waals surface area (Å²) in [6, 6.07) is 12.5. The number of carbonyl (C=O) groups excluding carboxylic acids is 2. The number of rotatable bonds is 3. The van der Waals surface area contributed by atoms with E-state index in [1.165, 1.54) is 18.2 Å². The Morgan fingerprint density at radius 3 is 2.73 bits per heavy atom. The summed E-state index contributed by atoms with van der Waals surface area (Å²) in [5.41, 5.74) is 4.10. The van der Waals surface area contributed by atoms with Crippen LogP contribution in [0.5, 0.6) is 5.75 Å². The summed E-state index contributed by atoms with van der Waals surface area (Å²) in [6.45, 7) is -2.78. The largest absolute Gasteiger partial charge is 0.434 e. The lowest BCUT2D eigenvalue weighted by atomic mass is 9.97. The zero-order chi connectivity index (χ0) is 25.6. The topological polar surface area (TPSA) is 76.5 Å². The minimum Gasteiger partial charge on any atom is -0.434 e. The molecule has 0 fully saturated rings. The lowest BCUT2D eigenvalue weighted by Gasteiger charge is -2.24. The van der Waals surface area contributed by atoms with Crippen molar-refractivity contribution < 1.29 is 27.5 Å². The average Bonchev–Trinajstić information content (AvgIpc) is 3.52. The Hall–Kier alpha value is -4.34. The van der Waals surface area contributed by atoms with Crippen LogP contribution in [0.25, 0.3) is 22.2 Å². The molecule has 0 saturated heterocycles. The number of carbonyl (C=O) groups is 2. The van der Waals surface area contributed by atoms with Gasteiger partial charge < -0.3 is 19.5 Å². The average molecular weight is 504 g/mol. The van der Waals surface area contributed by atoms with E-state index in [9.17, 15) is 22.8 Å². The highest BCUT2D eigenvalue weighted by Crippen LogP contribution is 2.50. The maximum atomic E-state index is 14.8. The van der Waals surface area contributed by atoms with E-state index in [2.05, 4.69) is 5.32 Å². The minimum absolute atomic E-state index is 0.0383. The number of alkyl halides is 2. The van der Waals surface area contributed by atoms with E-state index in [1.807, 2.05) is 22.8 Å². The predicted octanol–water partition coefficient (Wildman–Crippen LogP) is 4.81. The summed E-state index contributed by atoms with van der Waals surface area (Å²) in [6.07, 6.45) is 0.461. The van der Waals surface area contributed by atoms with Gasteiger partial charge in [0.2, 0.25) is 0 Å². The number of imidazole rings is 1. The van der Waals surface area contributed by atoms with Crippen molar-refractivity contribution in [2.75, 3.05) is 7.05 Å². The van der Waals surface area contributed by atoms with E-state index in [-0.39, 0.29) is 29.8 Å². The number of amides is 2. The van der Waals surface area contributed by atoms with Crippen LogP contribution in [0.1, 0.15) is 56.2 Å². The first-order chi connectivity index (χ1) is 17.8. The molecular formula is C27H19F3N4O3. The van der Waals surface area contributed by atoms with Crippen molar-refractivity contribution in [1.29, 1.82) is 0 Å². The molecule has 0 spiro atoms. The molecule has 2 amide bonds. The van der Waals surface area contributed by atoms with Gasteiger partial charge in [0.05, 0.1) is 28.7 Å². The molecule has 3 aliphatic rings. The van der Waals surface area contributed by atoms with Gasteiger partial charge >= 0.3 is 6.61 Å². The number of benzene rings is 3. The number of ether oxygens (including phenoxy) is 1. The number of aromatic nitrogens is 2. The first-order valence-corrected chi connectivity index (χ1v) is 11.8. The van der Waals surface area contributed by atoms with Gasteiger partial charge in [-0.05, 0) is 53.1 Å². The summed E-state index contributed by atoms with van der Waals surface area (Å²) < 4.78 is 48.2. The highest BCUT2D eigenvalue weighted by Gasteiger charge is 2.45. The Labute approximate surface area is 208 Å². The van der Waals surface area contributed by atoms with Crippen LogP contribution in [0.15, 0.2) is 48.5 Å². The zero-order valence-electron chi connectivity index (χ0n) is 19.5. The Morgan fingerprint density at radius 1 is 1.08 bits per heavy atom. The molecule has 3 aromatic carbocycles. The van der Waals surface area contributed by atoms with Gasteiger partial charge in [0.15, 0.2) is 0 Å². The molecule has 4 aromatic rings. The number of fused-ring (bicyclic) bond motifs is 10. The second-order valence-corrected chi connectivity index (χ2v) is 9.50. The van der Waals surface area contributed by atoms with Crippen molar-refractivity contribution in [3.8, 4) is 16.9 Å². The van der Waals surface area contributed by atoms with Crippen LogP contribution in [-0.4, -0.2) is 39.9 Å². The highest BCUT2D eigenvalue weighted by molar-refractivity contribution is 6.00. The molecule has 0 saturated carbocycles. The predicted molar refractivity (Wildman–Crippen MR) is 127 cm³/mol. The standard InChI is InChI=1S/C27H19F3N4O3/c1-33-20-10-19(23-15(26(33)36)3-2-4-21(23)37-27(29)30)34-18-9-12(5-6-17(18)32-24(20)34)13-7-14-11-31-25(35)22(14)16(28)8-13/h2-9,19-20,27H,10-11H2,1H3,(H,31,35)/t19-,20-/m1/s1. The molecule has 2 atom stereocenters. The molecule has 10 heteroatoms. The normalized spacial score (nSPS) is 19.6. The van der Waals surface area contributed by atoms with Gasteiger partial charge in [0, 0.05) is 31.1 Å². The van der Waals surface area contributed by atoms with Gasteiger partial charge in [-0.2, -0.15) is 8.78 Å². The van der Waals surface area contributed by atoms with E-state index in [0.717, 1.165) is 11.1 Å². The molecule has 0 radical (unpaired) electrons. The van der Waals surface area contributed by atoms with Crippen molar-refractivity contribution in [3.05, 3.63) is 82.4 Å². The third-order valence-electron chi connectivity index (χ3n) is 7.58. The van der Waals surface area contributed by atoms with Crippen molar-refractivity contribution in [2.45, 2.75) is 31.7 Å². The van der Waals surface area contributed by atoms with Crippen LogP contribution in [0, 0.1) is 5.82 Å². The summed E-state index contributed by atoms with van der Waals surface area (Å²) in [4.78, 5) is 31.6. The van der Waals surface area contributed by atoms with Crippen LogP contribution in [-0.2, 0) is 6.54 Å². The van der Waals surface area contributed by atoms with E-state index < -0.39 is 24.4 Å². The summed E-state index contributed by atoms with van der Waals surface area (Å²) in [5, 5.41) is 2.64. The Balaban J connectivity index is 1.43. The quantitative estimate of drug-likeness (QED) is 0.435. The van der Waals surface area contributed by atoms with Gasteiger partial charge in [0.1, 0.15) is 17.4 Å². The molecule has 0 aliphatic carbocycles. The maximum absolute atomic E-state index is 14.8. The molecule has 3 aliphatic heterocycles. The fourth-order valence-electron chi connectivity index (χ4n) is 5.95. The lowest BCUT2D eigenvalue weighted by molar-refractivity contribution is -0.0507. The number of hydrogen-bond acceptors (Lipinski definition) is 4. The van der Waals surface area contributed by atoms with Gasteiger partial charge in [-0.25, -0.2) is 9.37 Å². The molecule has 2 bridgehead atoms. The molecule has 0 unspecified atom stereocenters.